The molecule has 0 bridgehead atoms. The van der Waals surface area contributed by atoms with Crippen LogP contribution in [0.25, 0.3) is 0 Å². The standard InChI is InChI=1S/C25H28FN3O3S/c1-17-6-5-7-23(18(17)2)28-33(31,32)22-14-10-20(11-15-22)25(30)27-16-24(29(3)4)19-8-12-21(26)13-9-19/h5-15,24,28H,16H2,1-4H3,(H,27,30). The number of nitrogens with zero attached hydrogens (tertiary/aromatic N) is 1. The zero-order valence-corrected chi connectivity index (χ0v) is 19.9. The summed E-state index contributed by atoms with van der Waals surface area (Å²) in [4.78, 5) is 14.6. The topological polar surface area (TPSA) is 78.5 Å². The highest BCUT2D eigenvalue weighted by Crippen LogP contribution is 2.22. The van der Waals surface area contributed by atoms with E-state index >= 15 is 0 Å². The smallest absolute Gasteiger partial charge is 0.261 e. The molecule has 0 spiro atoms. The second-order valence-corrected chi connectivity index (χ2v) is 9.80. The maximum atomic E-state index is 13.2. The van der Waals surface area contributed by atoms with Crippen LogP contribution in [0, 0.1) is 19.7 Å². The monoisotopic (exact) mass is 469 g/mol. The number of aryl methyl sites for hydroxylation is 1. The van der Waals surface area contributed by atoms with Gasteiger partial charge in [0.05, 0.1) is 16.6 Å². The van der Waals surface area contributed by atoms with Gasteiger partial charge in [0, 0.05) is 12.1 Å². The van der Waals surface area contributed by atoms with Crippen LogP contribution in [0.1, 0.15) is 33.1 Å². The van der Waals surface area contributed by atoms with Crippen molar-refractivity contribution in [3.8, 4) is 0 Å². The van der Waals surface area contributed by atoms with Gasteiger partial charge in [-0.1, -0.05) is 24.3 Å². The first-order chi connectivity index (χ1) is 15.6. The van der Waals surface area contributed by atoms with Crippen molar-refractivity contribution in [2.45, 2.75) is 24.8 Å². The Hall–Kier alpha value is -3.23. The van der Waals surface area contributed by atoms with Gasteiger partial charge in [0.15, 0.2) is 0 Å². The number of benzene rings is 3. The summed E-state index contributed by atoms with van der Waals surface area (Å²) in [5, 5.41) is 2.87. The number of hydrogen-bond donors (Lipinski definition) is 2. The molecule has 0 saturated heterocycles. The highest BCUT2D eigenvalue weighted by Gasteiger charge is 2.18. The van der Waals surface area contributed by atoms with Crippen molar-refractivity contribution < 1.29 is 17.6 Å². The number of likely N-dealkylation sites (N-methyl/N-ethyl adjacent to an activating group) is 1. The van der Waals surface area contributed by atoms with Crippen LogP contribution in [0.5, 0.6) is 0 Å². The molecule has 0 heterocycles. The maximum absolute atomic E-state index is 13.2. The van der Waals surface area contributed by atoms with E-state index in [0.717, 1.165) is 16.7 Å². The fourth-order valence-corrected chi connectivity index (χ4v) is 4.55. The summed E-state index contributed by atoms with van der Waals surface area (Å²) in [6.07, 6.45) is 0. The van der Waals surface area contributed by atoms with Crippen molar-refractivity contribution >= 4 is 21.6 Å². The molecule has 1 unspecified atom stereocenters. The first kappa shape index (κ1) is 24.4. The van der Waals surface area contributed by atoms with E-state index in [0.29, 0.717) is 17.8 Å². The van der Waals surface area contributed by atoms with Gasteiger partial charge in [-0.25, -0.2) is 12.8 Å². The number of anilines is 1. The van der Waals surface area contributed by atoms with Crippen molar-refractivity contribution in [1.82, 2.24) is 10.2 Å². The summed E-state index contributed by atoms with van der Waals surface area (Å²) in [5.74, 6) is -0.641. The number of halogens is 1. The minimum atomic E-state index is -3.79. The Morgan fingerprint density at radius 2 is 1.61 bits per heavy atom. The summed E-state index contributed by atoms with van der Waals surface area (Å²) in [7, 11) is -0.0351. The largest absolute Gasteiger partial charge is 0.350 e. The molecular formula is C25H28FN3O3S. The lowest BCUT2D eigenvalue weighted by Gasteiger charge is -2.25. The second-order valence-electron chi connectivity index (χ2n) is 8.12. The summed E-state index contributed by atoms with van der Waals surface area (Å²) >= 11 is 0. The van der Waals surface area contributed by atoms with E-state index in [1.807, 2.05) is 38.9 Å². The van der Waals surface area contributed by atoms with E-state index in [2.05, 4.69) is 10.0 Å². The van der Waals surface area contributed by atoms with E-state index in [4.69, 9.17) is 0 Å². The molecular weight excluding hydrogens is 441 g/mol. The van der Waals surface area contributed by atoms with E-state index < -0.39 is 10.0 Å². The molecule has 0 aliphatic carbocycles. The molecule has 3 aromatic rings. The minimum absolute atomic E-state index is 0.0671. The number of carbonyl (C=O) groups is 1. The maximum Gasteiger partial charge on any atom is 0.261 e. The first-order valence-electron chi connectivity index (χ1n) is 10.5. The van der Waals surface area contributed by atoms with Gasteiger partial charge in [-0.2, -0.15) is 0 Å². The van der Waals surface area contributed by atoms with Crippen molar-refractivity contribution in [3.63, 3.8) is 0 Å². The molecule has 6 nitrogen and oxygen atoms in total. The highest BCUT2D eigenvalue weighted by molar-refractivity contribution is 7.92. The molecule has 3 rings (SSSR count). The zero-order valence-electron chi connectivity index (χ0n) is 19.1. The van der Waals surface area contributed by atoms with Crippen LogP contribution < -0.4 is 10.0 Å². The van der Waals surface area contributed by atoms with Crippen molar-refractivity contribution in [2.24, 2.45) is 0 Å². The van der Waals surface area contributed by atoms with Gasteiger partial charge in [-0.05, 0) is 87.1 Å². The predicted molar refractivity (Wildman–Crippen MR) is 128 cm³/mol. The number of amides is 1. The third kappa shape index (κ3) is 5.97. The molecule has 0 saturated carbocycles. The third-order valence-corrected chi connectivity index (χ3v) is 6.99. The molecule has 1 atom stereocenters. The van der Waals surface area contributed by atoms with Gasteiger partial charge in [0.1, 0.15) is 5.82 Å². The molecule has 0 aliphatic rings. The Kier molecular flexibility index (Phi) is 7.50. The number of sulfonamides is 1. The molecule has 3 aromatic carbocycles. The van der Waals surface area contributed by atoms with E-state index in [1.54, 1.807) is 24.3 Å². The molecule has 174 valence electrons. The molecule has 2 N–H and O–H groups in total. The number of hydrogen-bond acceptors (Lipinski definition) is 4. The number of rotatable bonds is 8. The zero-order chi connectivity index (χ0) is 24.2. The van der Waals surface area contributed by atoms with Crippen LogP contribution in [-0.4, -0.2) is 39.9 Å². The summed E-state index contributed by atoms with van der Waals surface area (Å²) < 4.78 is 41.4. The van der Waals surface area contributed by atoms with Gasteiger partial charge < -0.3 is 10.2 Å². The van der Waals surface area contributed by atoms with E-state index in [9.17, 15) is 17.6 Å². The van der Waals surface area contributed by atoms with Gasteiger partial charge in [-0.15, -0.1) is 0 Å². The average molecular weight is 470 g/mol. The lowest BCUT2D eigenvalue weighted by atomic mass is 10.1. The highest BCUT2D eigenvalue weighted by atomic mass is 32.2. The summed E-state index contributed by atoms with van der Waals surface area (Å²) in [6.45, 7) is 4.08. The SMILES string of the molecule is Cc1cccc(NS(=O)(=O)c2ccc(C(=O)NCC(c3ccc(F)cc3)N(C)C)cc2)c1C. The van der Waals surface area contributed by atoms with E-state index in [1.165, 1.54) is 36.4 Å². The Morgan fingerprint density at radius 3 is 2.21 bits per heavy atom. The number of carbonyl (C=O) groups excluding carboxylic acids is 1. The molecule has 8 heteroatoms. The molecule has 1 amide bonds. The molecule has 0 fully saturated rings. The van der Waals surface area contributed by atoms with Crippen LogP contribution in [0.4, 0.5) is 10.1 Å². The molecule has 0 aliphatic heterocycles. The Bertz CT molecular complexity index is 1220. The number of nitrogens with one attached hydrogen (secondary N) is 2. The summed E-state index contributed by atoms with van der Waals surface area (Å²) in [6, 6.07) is 17.2. The van der Waals surface area contributed by atoms with Crippen molar-refractivity contribution in [1.29, 1.82) is 0 Å². The first-order valence-corrected chi connectivity index (χ1v) is 12.0. The van der Waals surface area contributed by atoms with E-state index in [-0.39, 0.29) is 22.7 Å². The van der Waals surface area contributed by atoms with Crippen LogP contribution in [0.15, 0.2) is 71.6 Å². The normalized spacial score (nSPS) is 12.4. The van der Waals surface area contributed by atoms with Crippen LogP contribution in [-0.2, 0) is 10.0 Å². The van der Waals surface area contributed by atoms with Crippen molar-refractivity contribution in [3.05, 3.63) is 94.8 Å². The fraction of sp³-hybridized carbons (Fsp3) is 0.240. The quantitative estimate of drug-likeness (QED) is 0.516. The van der Waals surface area contributed by atoms with Crippen LogP contribution in [0.3, 0.4) is 0 Å². The fourth-order valence-electron chi connectivity index (χ4n) is 3.43. The van der Waals surface area contributed by atoms with Crippen LogP contribution >= 0.6 is 0 Å². The lowest BCUT2D eigenvalue weighted by molar-refractivity contribution is 0.0941. The minimum Gasteiger partial charge on any atom is -0.350 e. The van der Waals surface area contributed by atoms with Gasteiger partial charge in [0.2, 0.25) is 0 Å². The second kappa shape index (κ2) is 10.1. The van der Waals surface area contributed by atoms with Crippen molar-refractivity contribution in [2.75, 3.05) is 25.4 Å². The summed E-state index contributed by atoms with van der Waals surface area (Å²) in [5.41, 5.74) is 3.58. The lowest BCUT2D eigenvalue weighted by Crippen LogP contribution is -2.34. The third-order valence-electron chi connectivity index (χ3n) is 5.61. The molecule has 0 aromatic heterocycles. The van der Waals surface area contributed by atoms with Gasteiger partial charge in [0.25, 0.3) is 15.9 Å². The Morgan fingerprint density at radius 1 is 0.970 bits per heavy atom. The van der Waals surface area contributed by atoms with Crippen LogP contribution in [0.2, 0.25) is 0 Å². The average Bonchev–Trinajstić information content (AvgIpc) is 2.78. The predicted octanol–water partition coefficient (Wildman–Crippen LogP) is 4.28. The van der Waals surface area contributed by atoms with Gasteiger partial charge in [-0.3, -0.25) is 9.52 Å². The molecule has 33 heavy (non-hydrogen) atoms. The molecule has 0 radical (unpaired) electrons. The Balaban J connectivity index is 1.69. The Labute approximate surface area is 194 Å². The van der Waals surface area contributed by atoms with Gasteiger partial charge >= 0.3 is 0 Å².